The summed E-state index contributed by atoms with van der Waals surface area (Å²) in [5, 5.41) is 4.48. The van der Waals surface area contributed by atoms with Crippen molar-refractivity contribution < 1.29 is 4.79 Å². The molecule has 5 nitrogen and oxygen atoms in total. The van der Waals surface area contributed by atoms with Crippen LogP contribution < -0.4 is 5.73 Å². The van der Waals surface area contributed by atoms with Gasteiger partial charge in [0.1, 0.15) is 0 Å². The number of aromatic nitrogens is 2. The van der Waals surface area contributed by atoms with Crippen LogP contribution in [0.15, 0.2) is 66.9 Å². The van der Waals surface area contributed by atoms with E-state index in [0.29, 0.717) is 12.1 Å². The van der Waals surface area contributed by atoms with E-state index in [1.165, 1.54) is 0 Å². The summed E-state index contributed by atoms with van der Waals surface area (Å²) in [7, 11) is 0. The zero-order valence-electron chi connectivity index (χ0n) is 15.7. The SMILES string of the molecule is Cl.NCC1CCCCN1C(=O)c1cccc(-n2nccc2-c2ccccc2)c1. The fourth-order valence-electron chi connectivity index (χ4n) is 3.79. The number of carbonyl (C=O) groups is 1. The first-order valence-corrected chi connectivity index (χ1v) is 9.49. The molecule has 1 aliphatic rings. The predicted molar refractivity (Wildman–Crippen MR) is 114 cm³/mol. The van der Waals surface area contributed by atoms with Crippen LogP contribution in [0.25, 0.3) is 16.9 Å². The standard InChI is InChI=1S/C22H24N4O.ClH/c23-16-20-10-4-5-14-25(20)22(27)18-9-6-11-19(15-18)26-21(12-13-24-26)17-7-2-1-3-8-17;/h1-3,6-9,11-13,15,20H,4-5,10,14,16,23H2;1H. The van der Waals surface area contributed by atoms with Crippen molar-refractivity contribution in [1.82, 2.24) is 14.7 Å². The van der Waals surface area contributed by atoms with Crippen molar-refractivity contribution >= 4 is 18.3 Å². The molecule has 1 unspecified atom stereocenters. The average molecular weight is 397 g/mol. The van der Waals surface area contributed by atoms with Crippen molar-refractivity contribution in [3.63, 3.8) is 0 Å². The number of rotatable bonds is 4. The molecule has 6 heteroatoms. The third-order valence-corrected chi connectivity index (χ3v) is 5.21. The van der Waals surface area contributed by atoms with Crippen LogP contribution in [0.5, 0.6) is 0 Å². The maximum Gasteiger partial charge on any atom is 0.254 e. The fraction of sp³-hybridized carbons (Fsp3) is 0.273. The van der Waals surface area contributed by atoms with Gasteiger partial charge in [0.05, 0.1) is 17.6 Å². The summed E-state index contributed by atoms with van der Waals surface area (Å²) in [6, 6.07) is 19.9. The lowest BCUT2D eigenvalue weighted by atomic mass is 10.0. The molecule has 0 bridgehead atoms. The number of benzene rings is 2. The molecule has 0 radical (unpaired) electrons. The Morgan fingerprint density at radius 3 is 2.68 bits per heavy atom. The molecule has 4 rings (SSSR count). The Bertz CT molecular complexity index is 925. The smallest absolute Gasteiger partial charge is 0.254 e. The van der Waals surface area contributed by atoms with E-state index in [-0.39, 0.29) is 24.4 Å². The van der Waals surface area contributed by atoms with E-state index in [9.17, 15) is 4.79 Å². The maximum atomic E-state index is 13.1. The molecule has 1 amide bonds. The lowest BCUT2D eigenvalue weighted by Crippen LogP contribution is -2.47. The lowest BCUT2D eigenvalue weighted by Gasteiger charge is -2.35. The molecule has 1 atom stereocenters. The van der Waals surface area contributed by atoms with Gasteiger partial charge in [-0.3, -0.25) is 4.79 Å². The topological polar surface area (TPSA) is 64.2 Å². The number of nitrogens with zero attached hydrogens (tertiary/aromatic N) is 3. The van der Waals surface area contributed by atoms with Crippen LogP contribution in [0, 0.1) is 0 Å². The summed E-state index contributed by atoms with van der Waals surface area (Å²) in [4.78, 5) is 15.0. The Balaban J connectivity index is 0.00000225. The first-order valence-electron chi connectivity index (χ1n) is 9.49. The number of nitrogens with two attached hydrogens (primary N) is 1. The Labute approximate surface area is 171 Å². The van der Waals surface area contributed by atoms with E-state index in [0.717, 1.165) is 42.8 Å². The van der Waals surface area contributed by atoms with Gasteiger partial charge in [0, 0.05) is 30.3 Å². The highest BCUT2D eigenvalue weighted by Gasteiger charge is 2.26. The molecule has 0 aliphatic carbocycles. The minimum absolute atomic E-state index is 0. The van der Waals surface area contributed by atoms with Crippen molar-refractivity contribution in [2.24, 2.45) is 5.73 Å². The van der Waals surface area contributed by atoms with Crippen molar-refractivity contribution in [3.8, 4) is 16.9 Å². The molecule has 2 aromatic carbocycles. The van der Waals surface area contributed by atoms with E-state index < -0.39 is 0 Å². The van der Waals surface area contributed by atoms with Gasteiger partial charge in [-0.2, -0.15) is 5.10 Å². The second kappa shape index (κ2) is 9.04. The van der Waals surface area contributed by atoms with E-state index in [1.54, 1.807) is 6.20 Å². The first-order chi connectivity index (χ1) is 13.3. The van der Waals surface area contributed by atoms with Gasteiger partial charge in [0.2, 0.25) is 0 Å². The van der Waals surface area contributed by atoms with Crippen molar-refractivity contribution in [2.45, 2.75) is 25.3 Å². The highest BCUT2D eigenvalue weighted by molar-refractivity contribution is 5.95. The molecule has 1 fully saturated rings. The molecular weight excluding hydrogens is 372 g/mol. The van der Waals surface area contributed by atoms with E-state index >= 15 is 0 Å². The Kier molecular flexibility index (Phi) is 6.49. The van der Waals surface area contributed by atoms with Crippen LogP contribution in [-0.2, 0) is 0 Å². The highest BCUT2D eigenvalue weighted by atomic mass is 35.5. The Morgan fingerprint density at radius 1 is 1.07 bits per heavy atom. The van der Waals surface area contributed by atoms with Crippen molar-refractivity contribution in [3.05, 3.63) is 72.4 Å². The molecule has 146 valence electrons. The van der Waals surface area contributed by atoms with Crippen LogP contribution >= 0.6 is 12.4 Å². The first kappa shape index (κ1) is 20.1. The number of halogens is 1. The van der Waals surface area contributed by atoms with Gasteiger partial charge in [-0.05, 0) is 43.5 Å². The molecule has 0 spiro atoms. The third-order valence-electron chi connectivity index (χ3n) is 5.21. The number of piperidine rings is 1. The van der Waals surface area contributed by atoms with Crippen LogP contribution in [0.4, 0.5) is 0 Å². The molecule has 1 saturated heterocycles. The average Bonchev–Trinajstić information content (AvgIpc) is 3.24. The van der Waals surface area contributed by atoms with Crippen LogP contribution in [0.2, 0.25) is 0 Å². The molecule has 1 aliphatic heterocycles. The van der Waals surface area contributed by atoms with Crippen LogP contribution in [0.3, 0.4) is 0 Å². The number of carbonyl (C=O) groups excluding carboxylic acids is 1. The quantitative estimate of drug-likeness (QED) is 0.727. The number of hydrogen-bond donors (Lipinski definition) is 1. The number of amides is 1. The minimum Gasteiger partial charge on any atom is -0.334 e. The molecular formula is C22H25ClN4O. The largest absolute Gasteiger partial charge is 0.334 e. The summed E-state index contributed by atoms with van der Waals surface area (Å²) in [5.74, 6) is 0.0559. The predicted octanol–water partition coefficient (Wildman–Crippen LogP) is 3.91. The molecule has 3 aromatic rings. The van der Waals surface area contributed by atoms with Gasteiger partial charge in [-0.15, -0.1) is 12.4 Å². The van der Waals surface area contributed by atoms with Gasteiger partial charge >= 0.3 is 0 Å². The minimum atomic E-state index is 0. The molecule has 2 heterocycles. The van der Waals surface area contributed by atoms with Crippen molar-refractivity contribution in [1.29, 1.82) is 0 Å². The van der Waals surface area contributed by atoms with Gasteiger partial charge in [-0.25, -0.2) is 4.68 Å². The Hall–Kier alpha value is -2.63. The second-order valence-electron chi connectivity index (χ2n) is 6.93. The fourth-order valence-corrected chi connectivity index (χ4v) is 3.79. The van der Waals surface area contributed by atoms with Crippen molar-refractivity contribution in [2.75, 3.05) is 13.1 Å². The zero-order chi connectivity index (χ0) is 18.6. The maximum absolute atomic E-state index is 13.1. The van der Waals surface area contributed by atoms with Gasteiger partial charge < -0.3 is 10.6 Å². The summed E-state index contributed by atoms with van der Waals surface area (Å²) in [6.07, 6.45) is 4.95. The van der Waals surface area contributed by atoms with E-state index in [1.807, 2.05) is 58.1 Å². The molecule has 1 aromatic heterocycles. The molecule has 0 saturated carbocycles. The lowest BCUT2D eigenvalue weighted by molar-refractivity contribution is 0.0623. The number of hydrogen-bond acceptors (Lipinski definition) is 3. The monoisotopic (exact) mass is 396 g/mol. The summed E-state index contributed by atoms with van der Waals surface area (Å²) in [6.45, 7) is 1.30. The van der Waals surface area contributed by atoms with Crippen LogP contribution in [0.1, 0.15) is 29.6 Å². The van der Waals surface area contributed by atoms with Gasteiger partial charge in [0.15, 0.2) is 0 Å². The molecule has 2 N–H and O–H groups in total. The van der Waals surface area contributed by atoms with Gasteiger partial charge in [0.25, 0.3) is 5.91 Å². The zero-order valence-corrected chi connectivity index (χ0v) is 16.5. The normalized spacial score (nSPS) is 16.5. The summed E-state index contributed by atoms with van der Waals surface area (Å²) >= 11 is 0. The van der Waals surface area contributed by atoms with E-state index in [2.05, 4.69) is 17.2 Å². The summed E-state index contributed by atoms with van der Waals surface area (Å²) in [5.41, 5.74) is 9.54. The van der Waals surface area contributed by atoms with E-state index in [4.69, 9.17) is 5.73 Å². The third kappa shape index (κ3) is 3.96. The van der Waals surface area contributed by atoms with Gasteiger partial charge in [-0.1, -0.05) is 36.4 Å². The number of likely N-dealkylation sites (tertiary alicyclic amines) is 1. The Morgan fingerprint density at radius 2 is 1.89 bits per heavy atom. The van der Waals surface area contributed by atoms with Crippen LogP contribution in [-0.4, -0.2) is 39.7 Å². The second-order valence-corrected chi connectivity index (χ2v) is 6.93. The molecule has 28 heavy (non-hydrogen) atoms. The summed E-state index contributed by atoms with van der Waals surface area (Å²) < 4.78 is 1.88. The highest BCUT2D eigenvalue weighted by Crippen LogP contribution is 2.24.